The summed E-state index contributed by atoms with van der Waals surface area (Å²) in [4.78, 5) is 11.5. The molecular formula is C14H12ClNO2. The zero-order chi connectivity index (χ0) is 13.0. The van der Waals surface area contributed by atoms with Gasteiger partial charge in [0.25, 0.3) is 0 Å². The van der Waals surface area contributed by atoms with Gasteiger partial charge in [-0.25, -0.2) is 4.79 Å². The first-order valence-electron chi connectivity index (χ1n) is 5.40. The number of carbonyl (C=O) groups excluding carboxylic acids is 1. The minimum Gasteiger partial charge on any atom is -0.465 e. The van der Waals surface area contributed by atoms with Gasteiger partial charge in [-0.2, -0.15) is 0 Å². The molecule has 0 heterocycles. The second kappa shape index (κ2) is 5.56. The third-order valence-corrected chi connectivity index (χ3v) is 2.76. The van der Waals surface area contributed by atoms with E-state index in [2.05, 4.69) is 10.1 Å². The van der Waals surface area contributed by atoms with Crippen molar-refractivity contribution in [2.45, 2.75) is 0 Å². The van der Waals surface area contributed by atoms with E-state index in [1.54, 1.807) is 12.1 Å². The van der Waals surface area contributed by atoms with Crippen LogP contribution in [0, 0.1) is 0 Å². The topological polar surface area (TPSA) is 38.3 Å². The van der Waals surface area contributed by atoms with Crippen LogP contribution in [0.4, 0.5) is 11.4 Å². The maximum absolute atomic E-state index is 11.5. The van der Waals surface area contributed by atoms with E-state index >= 15 is 0 Å². The van der Waals surface area contributed by atoms with Crippen molar-refractivity contribution in [1.82, 2.24) is 0 Å². The fourth-order valence-corrected chi connectivity index (χ4v) is 1.75. The number of rotatable bonds is 3. The van der Waals surface area contributed by atoms with Crippen molar-refractivity contribution in [3.8, 4) is 0 Å². The van der Waals surface area contributed by atoms with Crippen molar-refractivity contribution in [3.63, 3.8) is 0 Å². The summed E-state index contributed by atoms with van der Waals surface area (Å²) in [5.41, 5.74) is 2.07. The molecule has 4 heteroatoms. The standard InChI is InChI=1S/C14H12ClNO2/c1-18-14(17)12-9-11(7-8-13(12)15)16-10-5-3-2-4-6-10/h2-9,16H,1H3. The van der Waals surface area contributed by atoms with E-state index in [9.17, 15) is 4.79 Å². The van der Waals surface area contributed by atoms with Crippen molar-refractivity contribution in [3.05, 3.63) is 59.1 Å². The molecule has 0 amide bonds. The molecule has 3 nitrogen and oxygen atoms in total. The molecule has 18 heavy (non-hydrogen) atoms. The maximum Gasteiger partial charge on any atom is 0.339 e. The lowest BCUT2D eigenvalue weighted by Gasteiger charge is -2.08. The molecule has 0 aliphatic carbocycles. The second-order valence-corrected chi connectivity index (χ2v) is 4.08. The number of benzene rings is 2. The molecule has 0 unspecified atom stereocenters. The fraction of sp³-hybridized carbons (Fsp3) is 0.0714. The van der Waals surface area contributed by atoms with Gasteiger partial charge in [-0.05, 0) is 30.3 Å². The fourth-order valence-electron chi connectivity index (χ4n) is 1.56. The van der Waals surface area contributed by atoms with Crippen LogP contribution in [0.1, 0.15) is 10.4 Å². The number of nitrogens with one attached hydrogen (secondary N) is 1. The van der Waals surface area contributed by atoms with Gasteiger partial charge in [-0.15, -0.1) is 0 Å². The van der Waals surface area contributed by atoms with Crippen molar-refractivity contribution in [2.24, 2.45) is 0 Å². The van der Waals surface area contributed by atoms with Crippen LogP contribution >= 0.6 is 11.6 Å². The van der Waals surface area contributed by atoms with E-state index < -0.39 is 5.97 Å². The summed E-state index contributed by atoms with van der Waals surface area (Å²) in [5, 5.41) is 3.56. The Hall–Kier alpha value is -2.00. The van der Waals surface area contributed by atoms with Gasteiger partial charge in [0.15, 0.2) is 0 Å². The number of halogens is 1. The molecule has 0 aliphatic rings. The number of ether oxygens (including phenoxy) is 1. The summed E-state index contributed by atoms with van der Waals surface area (Å²) in [6, 6.07) is 14.8. The minimum atomic E-state index is -0.447. The Morgan fingerprint density at radius 2 is 1.83 bits per heavy atom. The van der Waals surface area contributed by atoms with Gasteiger partial charge >= 0.3 is 5.97 Å². The molecule has 2 aromatic rings. The first-order valence-corrected chi connectivity index (χ1v) is 5.78. The molecule has 0 aliphatic heterocycles. The Morgan fingerprint density at radius 1 is 1.11 bits per heavy atom. The van der Waals surface area contributed by atoms with Gasteiger partial charge in [-0.1, -0.05) is 29.8 Å². The molecule has 2 rings (SSSR count). The van der Waals surface area contributed by atoms with Gasteiger partial charge in [0.1, 0.15) is 0 Å². The number of para-hydroxylation sites is 1. The molecule has 0 saturated heterocycles. The number of hydrogen-bond donors (Lipinski definition) is 1. The van der Waals surface area contributed by atoms with Crippen LogP contribution in [-0.4, -0.2) is 13.1 Å². The lowest BCUT2D eigenvalue weighted by molar-refractivity contribution is 0.0601. The summed E-state index contributed by atoms with van der Waals surface area (Å²) in [7, 11) is 1.33. The van der Waals surface area contributed by atoms with E-state index in [0.717, 1.165) is 11.4 Å². The molecule has 0 atom stereocenters. The third kappa shape index (κ3) is 2.81. The molecule has 0 bridgehead atoms. The number of hydrogen-bond acceptors (Lipinski definition) is 3. The Kier molecular flexibility index (Phi) is 3.85. The van der Waals surface area contributed by atoms with Crippen LogP contribution in [-0.2, 0) is 4.74 Å². The van der Waals surface area contributed by atoms with Crippen LogP contribution in [0.2, 0.25) is 5.02 Å². The van der Waals surface area contributed by atoms with E-state index in [0.29, 0.717) is 10.6 Å². The highest BCUT2D eigenvalue weighted by atomic mass is 35.5. The zero-order valence-corrected chi connectivity index (χ0v) is 10.6. The highest BCUT2D eigenvalue weighted by Crippen LogP contribution is 2.23. The molecule has 92 valence electrons. The van der Waals surface area contributed by atoms with Gasteiger partial charge in [-0.3, -0.25) is 0 Å². The predicted octanol–water partition coefficient (Wildman–Crippen LogP) is 3.87. The first kappa shape index (κ1) is 12.5. The predicted molar refractivity (Wildman–Crippen MR) is 72.5 cm³/mol. The van der Waals surface area contributed by atoms with Crippen molar-refractivity contribution >= 4 is 28.9 Å². The van der Waals surface area contributed by atoms with Crippen molar-refractivity contribution < 1.29 is 9.53 Å². The van der Waals surface area contributed by atoms with E-state index in [1.165, 1.54) is 7.11 Å². The SMILES string of the molecule is COC(=O)c1cc(Nc2ccccc2)ccc1Cl. The first-order chi connectivity index (χ1) is 8.70. The monoisotopic (exact) mass is 261 g/mol. The van der Waals surface area contributed by atoms with Gasteiger partial charge in [0.05, 0.1) is 17.7 Å². The van der Waals surface area contributed by atoms with Gasteiger partial charge < -0.3 is 10.1 Å². The summed E-state index contributed by atoms with van der Waals surface area (Å²) < 4.78 is 4.67. The molecule has 0 aromatic heterocycles. The number of methoxy groups -OCH3 is 1. The maximum atomic E-state index is 11.5. The Balaban J connectivity index is 2.27. The summed E-state index contributed by atoms with van der Waals surface area (Å²) >= 11 is 5.94. The Labute approximate surface area is 110 Å². The highest BCUT2D eigenvalue weighted by Gasteiger charge is 2.11. The minimum absolute atomic E-state index is 0.347. The number of carbonyl (C=O) groups is 1. The summed E-state index contributed by atoms with van der Waals surface area (Å²) in [6.45, 7) is 0. The van der Waals surface area contributed by atoms with Gasteiger partial charge in [0.2, 0.25) is 0 Å². The van der Waals surface area contributed by atoms with Gasteiger partial charge in [0, 0.05) is 11.4 Å². The second-order valence-electron chi connectivity index (χ2n) is 3.68. The molecule has 0 spiro atoms. The van der Waals surface area contributed by atoms with E-state index in [-0.39, 0.29) is 0 Å². The smallest absolute Gasteiger partial charge is 0.339 e. The third-order valence-electron chi connectivity index (χ3n) is 2.43. The van der Waals surface area contributed by atoms with Crippen LogP contribution in [0.3, 0.4) is 0 Å². The Morgan fingerprint density at radius 3 is 2.50 bits per heavy atom. The lowest BCUT2D eigenvalue weighted by atomic mass is 10.2. The molecule has 0 saturated carbocycles. The van der Waals surface area contributed by atoms with Crippen molar-refractivity contribution in [1.29, 1.82) is 0 Å². The molecule has 1 N–H and O–H groups in total. The molecule has 0 radical (unpaired) electrons. The largest absolute Gasteiger partial charge is 0.465 e. The molecule has 0 fully saturated rings. The highest BCUT2D eigenvalue weighted by molar-refractivity contribution is 6.33. The normalized spacial score (nSPS) is 9.89. The van der Waals surface area contributed by atoms with Crippen LogP contribution < -0.4 is 5.32 Å². The van der Waals surface area contributed by atoms with Crippen LogP contribution in [0.25, 0.3) is 0 Å². The summed E-state index contributed by atoms with van der Waals surface area (Å²) in [6.07, 6.45) is 0. The number of esters is 1. The van der Waals surface area contributed by atoms with Crippen LogP contribution in [0.5, 0.6) is 0 Å². The average molecular weight is 262 g/mol. The lowest BCUT2D eigenvalue weighted by Crippen LogP contribution is -2.03. The van der Waals surface area contributed by atoms with Crippen LogP contribution in [0.15, 0.2) is 48.5 Å². The van der Waals surface area contributed by atoms with Crippen molar-refractivity contribution in [2.75, 3.05) is 12.4 Å². The summed E-state index contributed by atoms with van der Waals surface area (Å²) in [5.74, 6) is -0.447. The van der Waals surface area contributed by atoms with E-state index in [1.807, 2.05) is 36.4 Å². The van der Waals surface area contributed by atoms with E-state index in [4.69, 9.17) is 11.6 Å². The number of anilines is 2. The quantitative estimate of drug-likeness (QED) is 0.853. The molecule has 2 aromatic carbocycles. The zero-order valence-electron chi connectivity index (χ0n) is 9.81. The molecular weight excluding hydrogens is 250 g/mol. The average Bonchev–Trinajstić information content (AvgIpc) is 2.41. The Bertz CT molecular complexity index is 555.